The zero-order chi connectivity index (χ0) is 24.6. The fourth-order valence-electron chi connectivity index (χ4n) is 3.12. The first-order chi connectivity index (χ1) is 15.4. The van der Waals surface area contributed by atoms with Crippen molar-refractivity contribution in [3.63, 3.8) is 0 Å². The van der Waals surface area contributed by atoms with Crippen LogP contribution in [0.2, 0.25) is 0 Å². The minimum atomic E-state index is -5.34. The first-order valence-corrected chi connectivity index (χ1v) is 13.1. The van der Waals surface area contributed by atoms with Gasteiger partial charge in [-0.2, -0.15) is 4.31 Å². The van der Waals surface area contributed by atoms with Gasteiger partial charge >= 0.3 is 15.6 Å². The van der Waals surface area contributed by atoms with E-state index < -0.39 is 58.8 Å². The summed E-state index contributed by atoms with van der Waals surface area (Å²) in [5.74, 6) is -0.703. The largest absolute Gasteiger partial charge is 0.483 e. The molecule has 33 heavy (non-hydrogen) atoms. The van der Waals surface area contributed by atoms with Gasteiger partial charge in [-0.15, -0.1) is 0 Å². The highest BCUT2D eigenvalue weighted by atomic mass is 31.3. The lowest BCUT2D eigenvalue weighted by molar-refractivity contribution is -0.247. The van der Waals surface area contributed by atoms with Crippen LogP contribution in [0, 0.1) is 0 Å². The molecule has 1 aromatic rings. The Morgan fingerprint density at radius 2 is 1.76 bits per heavy atom. The van der Waals surface area contributed by atoms with Crippen LogP contribution in [0.4, 0.5) is 0 Å². The SMILES string of the molecule is CC(=O)N[C@H]1[C@@H](OP(=O)(O)OP(=O)(O)OCCCCc2ccccc2)O[C@H](CO)[C@@H](O)[C@@H]1O. The Kier molecular flexibility index (Phi) is 10.6. The molecular formula is C18H29NO12P2. The van der Waals surface area contributed by atoms with E-state index in [-0.39, 0.29) is 6.61 Å². The number of nitrogens with one attached hydrogen (secondary N) is 1. The van der Waals surface area contributed by atoms with Gasteiger partial charge < -0.3 is 35.2 Å². The summed E-state index contributed by atoms with van der Waals surface area (Å²) < 4.78 is 43.1. The Bertz CT molecular complexity index is 856. The maximum absolute atomic E-state index is 12.3. The summed E-state index contributed by atoms with van der Waals surface area (Å²) in [6, 6.07) is 7.95. The van der Waals surface area contributed by atoms with Gasteiger partial charge in [0.25, 0.3) is 0 Å². The summed E-state index contributed by atoms with van der Waals surface area (Å²) in [6.45, 7) is 0.0233. The van der Waals surface area contributed by atoms with Gasteiger partial charge in [0, 0.05) is 6.92 Å². The maximum atomic E-state index is 12.3. The molecule has 2 rings (SSSR count). The lowest BCUT2D eigenvalue weighted by atomic mass is 9.97. The normalized spacial score (nSPS) is 29.1. The number of hydrogen-bond acceptors (Lipinski definition) is 10. The van der Waals surface area contributed by atoms with E-state index in [0.29, 0.717) is 19.3 Å². The number of benzene rings is 1. The summed E-state index contributed by atoms with van der Waals surface area (Å²) in [5.41, 5.74) is 1.07. The number of aliphatic hydroxyl groups is 3. The predicted molar refractivity (Wildman–Crippen MR) is 113 cm³/mol. The molecule has 188 valence electrons. The standard InChI is InChI=1S/C18H29NO12P2/c1-12(21)19-15-17(23)16(22)14(11-20)29-18(15)30-33(26,27)31-32(24,25)28-10-6-5-9-13-7-3-2-4-8-13/h2-4,7-8,14-18,20,22-23H,5-6,9-11H2,1H3,(H,19,21)(H,24,25)(H,26,27)/t14-,15-,16-,17-,18-/m1/s1. The number of aliphatic hydroxyl groups excluding tert-OH is 3. The smallest absolute Gasteiger partial charge is 0.394 e. The minimum absolute atomic E-state index is 0.244. The third kappa shape index (κ3) is 9.16. The van der Waals surface area contributed by atoms with Gasteiger partial charge in [0.1, 0.15) is 24.4 Å². The molecule has 15 heteroatoms. The molecule has 0 saturated carbocycles. The molecule has 0 spiro atoms. The molecule has 1 amide bonds. The van der Waals surface area contributed by atoms with Crippen LogP contribution in [0.5, 0.6) is 0 Å². The quantitative estimate of drug-likeness (QED) is 0.164. The van der Waals surface area contributed by atoms with E-state index in [0.717, 1.165) is 12.5 Å². The number of carbonyl (C=O) groups excluding carboxylic acids is 1. The maximum Gasteiger partial charge on any atom is 0.483 e. The molecule has 1 aromatic carbocycles. The van der Waals surface area contributed by atoms with Crippen molar-refractivity contribution in [2.24, 2.45) is 0 Å². The topological polar surface area (TPSA) is 201 Å². The summed E-state index contributed by atoms with van der Waals surface area (Å²) in [7, 11) is -10.4. The molecule has 1 saturated heterocycles. The van der Waals surface area contributed by atoms with Gasteiger partial charge in [-0.1, -0.05) is 30.3 Å². The van der Waals surface area contributed by atoms with Crippen LogP contribution in [0.15, 0.2) is 30.3 Å². The van der Waals surface area contributed by atoms with Crippen LogP contribution in [-0.4, -0.2) is 74.9 Å². The van der Waals surface area contributed by atoms with E-state index in [1.165, 1.54) is 0 Å². The van der Waals surface area contributed by atoms with Crippen molar-refractivity contribution in [3.8, 4) is 0 Å². The highest BCUT2D eigenvalue weighted by Crippen LogP contribution is 2.61. The highest BCUT2D eigenvalue weighted by Gasteiger charge is 2.49. The van der Waals surface area contributed by atoms with E-state index in [2.05, 4.69) is 9.63 Å². The molecule has 1 aliphatic heterocycles. The fraction of sp³-hybridized carbons (Fsp3) is 0.611. The van der Waals surface area contributed by atoms with Crippen molar-refractivity contribution in [2.75, 3.05) is 13.2 Å². The lowest BCUT2D eigenvalue weighted by Crippen LogP contribution is -2.64. The van der Waals surface area contributed by atoms with Crippen molar-refractivity contribution in [1.29, 1.82) is 0 Å². The Balaban J connectivity index is 1.91. The number of rotatable bonds is 12. The predicted octanol–water partition coefficient (Wildman–Crippen LogP) is 0.204. The van der Waals surface area contributed by atoms with Crippen LogP contribution >= 0.6 is 15.6 Å². The van der Waals surface area contributed by atoms with Crippen LogP contribution in [0.1, 0.15) is 25.3 Å². The molecule has 6 N–H and O–H groups in total. The second-order valence-corrected chi connectivity index (χ2v) is 10.3. The number of aryl methyl sites for hydroxylation is 1. The zero-order valence-corrected chi connectivity index (χ0v) is 19.6. The second kappa shape index (κ2) is 12.5. The summed E-state index contributed by atoms with van der Waals surface area (Å²) in [4.78, 5) is 31.1. The molecule has 0 radical (unpaired) electrons. The lowest BCUT2D eigenvalue weighted by Gasteiger charge is -2.42. The van der Waals surface area contributed by atoms with E-state index in [1.54, 1.807) is 0 Å². The van der Waals surface area contributed by atoms with Gasteiger partial charge in [0.2, 0.25) is 5.91 Å². The van der Waals surface area contributed by atoms with E-state index in [1.807, 2.05) is 30.3 Å². The zero-order valence-electron chi connectivity index (χ0n) is 17.8. The van der Waals surface area contributed by atoms with Crippen LogP contribution in [0.3, 0.4) is 0 Å². The second-order valence-electron chi connectivity index (χ2n) is 7.33. The number of unbranched alkanes of at least 4 members (excludes halogenated alkanes) is 1. The van der Waals surface area contributed by atoms with Gasteiger partial charge in [-0.3, -0.25) is 13.8 Å². The van der Waals surface area contributed by atoms with Gasteiger partial charge in [0.05, 0.1) is 13.2 Å². The van der Waals surface area contributed by atoms with Crippen LogP contribution in [-0.2, 0) is 38.4 Å². The Morgan fingerprint density at radius 3 is 2.36 bits per heavy atom. The third-order valence-corrected chi connectivity index (χ3v) is 7.29. The number of phosphoric ester groups is 2. The summed E-state index contributed by atoms with van der Waals surface area (Å²) >= 11 is 0. The van der Waals surface area contributed by atoms with Crippen molar-refractivity contribution < 1.29 is 57.1 Å². The third-order valence-electron chi connectivity index (χ3n) is 4.65. The number of amides is 1. The average Bonchev–Trinajstić information content (AvgIpc) is 2.72. The van der Waals surface area contributed by atoms with Crippen molar-refractivity contribution in [1.82, 2.24) is 5.32 Å². The molecule has 0 aliphatic carbocycles. The summed E-state index contributed by atoms with van der Waals surface area (Å²) in [6.07, 6.45) is -5.08. The molecule has 7 atom stereocenters. The average molecular weight is 513 g/mol. The van der Waals surface area contributed by atoms with Crippen LogP contribution < -0.4 is 5.32 Å². The fourth-order valence-corrected chi connectivity index (χ4v) is 5.31. The van der Waals surface area contributed by atoms with Gasteiger partial charge in [-0.25, -0.2) is 9.13 Å². The Labute approximate surface area is 190 Å². The van der Waals surface area contributed by atoms with E-state index >= 15 is 0 Å². The number of carbonyl (C=O) groups is 1. The first-order valence-electron chi connectivity index (χ1n) is 10.1. The highest BCUT2D eigenvalue weighted by molar-refractivity contribution is 7.61. The van der Waals surface area contributed by atoms with Gasteiger partial charge in [-0.05, 0) is 24.8 Å². The van der Waals surface area contributed by atoms with E-state index in [9.17, 15) is 39.0 Å². The Morgan fingerprint density at radius 1 is 1.09 bits per heavy atom. The van der Waals surface area contributed by atoms with Crippen LogP contribution in [0.25, 0.3) is 0 Å². The number of hydrogen-bond donors (Lipinski definition) is 6. The first kappa shape index (κ1) is 28.0. The molecule has 1 heterocycles. The van der Waals surface area contributed by atoms with Crippen molar-refractivity contribution >= 4 is 21.6 Å². The molecule has 1 fully saturated rings. The molecular weight excluding hydrogens is 484 g/mol. The molecule has 1 aliphatic rings. The Hall–Kier alpha value is -1.21. The molecule has 0 aromatic heterocycles. The van der Waals surface area contributed by atoms with Gasteiger partial charge in [0.15, 0.2) is 6.29 Å². The summed E-state index contributed by atoms with van der Waals surface area (Å²) in [5, 5.41) is 31.5. The molecule has 2 unspecified atom stereocenters. The minimum Gasteiger partial charge on any atom is -0.394 e. The number of ether oxygens (including phenoxy) is 1. The molecule has 0 bridgehead atoms. The monoisotopic (exact) mass is 513 g/mol. The number of phosphoric acid groups is 2. The van der Waals surface area contributed by atoms with E-state index in [4.69, 9.17) is 13.8 Å². The van der Waals surface area contributed by atoms with Crippen molar-refractivity contribution in [2.45, 2.75) is 56.8 Å². The van der Waals surface area contributed by atoms with Crippen molar-refractivity contribution in [3.05, 3.63) is 35.9 Å². The molecule has 13 nitrogen and oxygen atoms in total.